The molecule has 0 amide bonds. The molecular formula is C11H16FNOS. The Balaban J connectivity index is 2.97. The van der Waals surface area contributed by atoms with Gasteiger partial charge in [0.2, 0.25) is 0 Å². The summed E-state index contributed by atoms with van der Waals surface area (Å²) in [6, 6.07) is 2.96. The van der Waals surface area contributed by atoms with Gasteiger partial charge < -0.3 is 10.5 Å². The number of hydrogen-bond donors (Lipinski definition) is 1. The number of nitrogen functional groups attached to an aromatic ring is 1. The molecule has 0 aliphatic carbocycles. The lowest BCUT2D eigenvalue weighted by atomic mass is 10.3. The van der Waals surface area contributed by atoms with Crippen molar-refractivity contribution in [2.75, 3.05) is 12.8 Å². The van der Waals surface area contributed by atoms with Crippen molar-refractivity contribution in [3.8, 4) is 5.75 Å². The molecule has 0 heterocycles. The number of halogens is 1. The van der Waals surface area contributed by atoms with E-state index in [2.05, 4.69) is 13.8 Å². The molecule has 2 N–H and O–H groups in total. The Morgan fingerprint density at radius 1 is 1.53 bits per heavy atom. The molecular weight excluding hydrogens is 213 g/mol. The second-order valence-corrected chi connectivity index (χ2v) is 4.84. The van der Waals surface area contributed by atoms with Gasteiger partial charge in [-0.25, -0.2) is 4.39 Å². The predicted octanol–water partition coefficient (Wildman–Crippen LogP) is 3.31. The Morgan fingerprint density at radius 3 is 2.73 bits per heavy atom. The molecule has 1 atom stereocenters. The van der Waals surface area contributed by atoms with Crippen LogP contribution in [-0.4, -0.2) is 12.4 Å². The first kappa shape index (κ1) is 12.2. The highest BCUT2D eigenvalue weighted by Gasteiger charge is 2.11. The smallest absolute Gasteiger partial charge is 0.143 e. The first-order valence-corrected chi connectivity index (χ1v) is 5.76. The summed E-state index contributed by atoms with van der Waals surface area (Å²) in [4.78, 5) is 0.593. The zero-order valence-corrected chi connectivity index (χ0v) is 10.0. The minimum Gasteiger partial charge on any atom is -0.495 e. The van der Waals surface area contributed by atoms with Gasteiger partial charge in [0, 0.05) is 16.2 Å². The van der Waals surface area contributed by atoms with Gasteiger partial charge in [0.05, 0.1) is 12.8 Å². The van der Waals surface area contributed by atoms with Crippen molar-refractivity contribution in [1.82, 2.24) is 0 Å². The van der Waals surface area contributed by atoms with Crippen LogP contribution in [-0.2, 0) is 0 Å². The van der Waals surface area contributed by atoms with E-state index in [1.165, 1.54) is 24.9 Å². The summed E-state index contributed by atoms with van der Waals surface area (Å²) in [6.07, 6.45) is 0.997. The van der Waals surface area contributed by atoms with Crippen LogP contribution in [0.5, 0.6) is 5.75 Å². The molecule has 0 aliphatic heterocycles. The Morgan fingerprint density at radius 2 is 2.20 bits per heavy atom. The van der Waals surface area contributed by atoms with Crippen molar-refractivity contribution in [2.24, 2.45) is 0 Å². The minimum atomic E-state index is -0.279. The van der Waals surface area contributed by atoms with Gasteiger partial charge in [-0.05, 0) is 12.5 Å². The summed E-state index contributed by atoms with van der Waals surface area (Å²) in [5, 5.41) is 0.382. The summed E-state index contributed by atoms with van der Waals surface area (Å²) in [5.41, 5.74) is 5.93. The fourth-order valence-corrected chi connectivity index (χ4v) is 2.06. The van der Waals surface area contributed by atoms with E-state index in [-0.39, 0.29) is 5.82 Å². The molecule has 1 unspecified atom stereocenters. The maximum absolute atomic E-state index is 13.5. The van der Waals surface area contributed by atoms with E-state index in [9.17, 15) is 4.39 Å². The van der Waals surface area contributed by atoms with Crippen LogP contribution in [0.4, 0.5) is 10.1 Å². The van der Waals surface area contributed by atoms with Gasteiger partial charge in [0.15, 0.2) is 0 Å². The fourth-order valence-electron chi connectivity index (χ4n) is 1.12. The van der Waals surface area contributed by atoms with Crippen LogP contribution < -0.4 is 10.5 Å². The van der Waals surface area contributed by atoms with Crippen molar-refractivity contribution in [2.45, 2.75) is 30.4 Å². The van der Waals surface area contributed by atoms with Crippen LogP contribution in [0.2, 0.25) is 0 Å². The van der Waals surface area contributed by atoms with Crippen LogP contribution in [0.3, 0.4) is 0 Å². The summed E-state index contributed by atoms with van der Waals surface area (Å²) >= 11 is 1.50. The van der Waals surface area contributed by atoms with E-state index in [0.29, 0.717) is 21.6 Å². The Labute approximate surface area is 94.0 Å². The first-order chi connectivity index (χ1) is 7.08. The molecule has 0 spiro atoms. The van der Waals surface area contributed by atoms with E-state index in [1.807, 2.05) is 0 Å². The second-order valence-electron chi connectivity index (χ2n) is 3.36. The van der Waals surface area contributed by atoms with Gasteiger partial charge in [-0.3, -0.25) is 0 Å². The predicted molar refractivity (Wildman–Crippen MR) is 63.0 cm³/mol. The van der Waals surface area contributed by atoms with Gasteiger partial charge >= 0.3 is 0 Å². The van der Waals surface area contributed by atoms with E-state index >= 15 is 0 Å². The van der Waals surface area contributed by atoms with Gasteiger partial charge in [-0.2, -0.15) is 0 Å². The van der Waals surface area contributed by atoms with Gasteiger partial charge in [0.25, 0.3) is 0 Å². The number of nitrogens with two attached hydrogens (primary N) is 1. The quantitative estimate of drug-likeness (QED) is 0.635. The van der Waals surface area contributed by atoms with Crippen molar-refractivity contribution in [3.63, 3.8) is 0 Å². The van der Waals surface area contributed by atoms with Crippen molar-refractivity contribution in [1.29, 1.82) is 0 Å². The molecule has 0 saturated carbocycles. The third-order valence-electron chi connectivity index (χ3n) is 2.19. The Kier molecular flexibility index (Phi) is 4.27. The Hall–Kier alpha value is -0.900. The van der Waals surface area contributed by atoms with Gasteiger partial charge in [0.1, 0.15) is 11.6 Å². The van der Waals surface area contributed by atoms with Gasteiger partial charge in [-0.15, -0.1) is 11.8 Å². The zero-order valence-electron chi connectivity index (χ0n) is 9.21. The number of rotatable bonds is 4. The molecule has 0 fully saturated rings. The normalized spacial score (nSPS) is 12.5. The van der Waals surface area contributed by atoms with Crippen LogP contribution in [0.15, 0.2) is 17.0 Å². The monoisotopic (exact) mass is 229 g/mol. The summed E-state index contributed by atoms with van der Waals surface area (Å²) in [7, 11) is 1.53. The maximum atomic E-state index is 13.5. The molecule has 84 valence electrons. The third-order valence-corrected chi connectivity index (χ3v) is 3.49. The average Bonchev–Trinajstić information content (AvgIpc) is 2.21. The zero-order chi connectivity index (χ0) is 11.4. The summed E-state index contributed by atoms with van der Waals surface area (Å²) in [6.45, 7) is 4.14. The molecule has 1 aromatic rings. The number of ether oxygens (including phenoxy) is 1. The molecule has 0 saturated heterocycles. The number of hydrogen-bond acceptors (Lipinski definition) is 3. The third kappa shape index (κ3) is 3.02. The molecule has 0 aromatic heterocycles. The van der Waals surface area contributed by atoms with E-state index in [1.54, 1.807) is 6.07 Å². The molecule has 0 aliphatic rings. The largest absolute Gasteiger partial charge is 0.495 e. The van der Waals surface area contributed by atoms with Crippen molar-refractivity contribution in [3.05, 3.63) is 17.9 Å². The average molecular weight is 229 g/mol. The van der Waals surface area contributed by atoms with Crippen LogP contribution >= 0.6 is 11.8 Å². The van der Waals surface area contributed by atoms with E-state index in [4.69, 9.17) is 10.5 Å². The molecule has 2 nitrogen and oxygen atoms in total. The van der Waals surface area contributed by atoms with Crippen molar-refractivity contribution >= 4 is 17.4 Å². The molecule has 15 heavy (non-hydrogen) atoms. The number of anilines is 1. The highest BCUT2D eigenvalue weighted by Crippen LogP contribution is 2.33. The molecule has 1 rings (SSSR count). The first-order valence-electron chi connectivity index (χ1n) is 4.88. The SMILES string of the molecule is CCC(C)Sc1cc(OC)c(N)cc1F. The van der Waals surface area contributed by atoms with E-state index < -0.39 is 0 Å². The lowest BCUT2D eigenvalue weighted by Crippen LogP contribution is -1.98. The molecule has 0 bridgehead atoms. The van der Waals surface area contributed by atoms with Gasteiger partial charge in [-0.1, -0.05) is 13.8 Å². The lowest BCUT2D eigenvalue weighted by Gasteiger charge is -2.11. The maximum Gasteiger partial charge on any atom is 0.143 e. The Bertz CT molecular complexity index is 344. The highest BCUT2D eigenvalue weighted by molar-refractivity contribution is 8.00. The summed E-state index contributed by atoms with van der Waals surface area (Å²) < 4.78 is 18.6. The van der Waals surface area contributed by atoms with Crippen LogP contribution in [0.25, 0.3) is 0 Å². The number of thioether (sulfide) groups is 1. The lowest BCUT2D eigenvalue weighted by molar-refractivity contribution is 0.414. The molecule has 0 radical (unpaired) electrons. The molecule has 4 heteroatoms. The number of methoxy groups -OCH3 is 1. The second kappa shape index (κ2) is 5.26. The summed E-state index contributed by atoms with van der Waals surface area (Å²) in [5.74, 6) is 0.251. The van der Waals surface area contributed by atoms with Crippen molar-refractivity contribution < 1.29 is 9.13 Å². The van der Waals surface area contributed by atoms with Crippen LogP contribution in [0.1, 0.15) is 20.3 Å². The van der Waals surface area contributed by atoms with E-state index in [0.717, 1.165) is 6.42 Å². The van der Waals surface area contributed by atoms with Crippen LogP contribution in [0, 0.1) is 5.82 Å². The highest BCUT2D eigenvalue weighted by atomic mass is 32.2. The number of benzene rings is 1. The topological polar surface area (TPSA) is 35.2 Å². The standard InChI is InChI=1S/C11H16FNOS/c1-4-7(2)15-11-6-10(14-3)9(13)5-8(11)12/h5-7H,4,13H2,1-3H3. The fraction of sp³-hybridized carbons (Fsp3) is 0.455. The molecule has 1 aromatic carbocycles. The minimum absolute atomic E-state index is 0.279.